The topological polar surface area (TPSA) is 28.4 Å². The fraction of sp³-hybridized carbons (Fsp3) is 0.636. The number of hydrogen-bond donors (Lipinski definition) is 1. The number of nitrogens with zero attached hydrogens (tertiary/aromatic N) is 1. The highest BCUT2D eigenvalue weighted by Gasteiger charge is 2.16. The quantitative estimate of drug-likeness (QED) is 0.894. The smallest absolute Gasteiger partial charge is 0.122 e. The van der Waals surface area contributed by atoms with Gasteiger partial charge in [0, 0.05) is 31.7 Å². The van der Waals surface area contributed by atoms with Gasteiger partial charge in [0.1, 0.15) is 11.5 Å². The van der Waals surface area contributed by atoms with Crippen molar-refractivity contribution in [1.29, 1.82) is 0 Å². The summed E-state index contributed by atoms with van der Waals surface area (Å²) in [5.41, 5.74) is 1.24. The molecule has 0 radical (unpaired) electrons. The van der Waals surface area contributed by atoms with E-state index in [0.29, 0.717) is 0 Å². The normalized spacial score (nSPS) is 18.3. The van der Waals surface area contributed by atoms with Crippen molar-refractivity contribution in [2.24, 2.45) is 0 Å². The van der Waals surface area contributed by atoms with E-state index in [0.717, 1.165) is 48.7 Å². The fourth-order valence-corrected chi connectivity index (χ4v) is 2.22. The second kappa shape index (κ2) is 4.68. The second-order valence-electron chi connectivity index (χ2n) is 4.05. The maximum Gasteiger partial charge on any atom is 0.122 e. The minimum absolute atomic E-state index is 0.931. The zero-order valence-electron chi connectivity index (χ0n) is 9.27. The van der Waals surface area contributed by atoms with Crippen LogP contribution in [0.3, 0.4) is 0 Å². The molecule has 0 amide bonds. The monoisotopic (exact) mass is 272 g/mol. The predicted molar refractivity (Wildman–Crippen MR) is 64.0 cm³/mol. The summed E-state index contributed by atoms with van der Waals surface area (Å²) in [6, 6.07) is 0. The number of halogens is 1. The first-order valence-corrected chi connectivity index (χ1v) is 6.15. The molecule has 84 valence electrons. The molecule has 2 heterocycles. The minimum Gasteiger partial charge on any atom is -0.464 e. The zero-order chi connectivity index (χ0) is 10.8. The van der Waals surface area contributed by atoms with Crippen LogP contribution in [0.5, 0.6) is 0 Å². The van der Waals surface area contributed by atoms with Crippen LogP contribution in [0.1, 0.15) is 17.1 Å². The van der Waals surface area contributed by atoms with Gasteiger partial charge in [-0.05, 0) is 29.8 Å². The summed E-state index contributed by atoms with van der Waals surface area (Å²) >= 11 is 3.54. The van der Waals surface area contributed by atoms with E-state index in [2.05, 4.69) is 33.1 Å². The summed E-state index contributed by atoms with van der Waals surface area (Å²) in [5, 5.41) is 3.35. The summed E-state index contributed by atoms with van der Waals surface area (Å²) in [4.78, 5) is 2.42. The van der Waals surface area contributed by atoms with Crippen LogP contribution in [0, 0.1) is 13.8 Å². The van der Waals surface area contributed by atoms with Crippen LogP contribution in [0.2, 0.25) is 0 Å². The number of nitrogens with one attached hydrogen (secondary N) is 1. The van der Waals surface area contributed by atoms with Gasteiger partial charge in [-0.2, -0.15) is 0 Å². The van der Waals surface area contributed by atoms with Gasteiger partial charge in [-0.1, -0.05) is 0 Å². The highest BCUT2D eigenvalue weighted by atomic mass is 79.9. The van der Waals surface area contributed by atoms with Crippen LogP contribution < -0.4 is 5.32 Å². The Morgan fingerprint density at radius 3 is 2.53 bits per heavy atom. The molecule has 1 saturated heterocycles. The van der Waals surface area contributed by atoms with Gasteiger partial charge in [0.25, 0.3) is 0 Å². The van der Waals surface area contributed by atoms with Crippen LogP contribution in [0.4, 0.5) is 0 Å². The number of rotatable bonds is 2. The lowest BCUT2D eigenvalue weighted by atomic mass is 10.2. The predicted octanol–water partition coefficient (Wildman–Crippen LogP) is 2.06. The molecule has 0 atom stereocenters. The Morgan fingerprint density at radius 2 is 2.00 bits per heavy atom. The summed E-state index contributed by atoms with van der Waals surface area (Å²) in [5.74, 6) is 2.08. The third-order valence-corrected chi connectivity index (χ3v) is 4.06. The van der Waals surface area contributed by atoms with E-state index in [1.54, 1.807) is 0 Å². The maximum absolute atomic E-state index is 5.74. The molecule has 1 aromatic heterocycles. The van der Waals surface area contributed by atoms with Gasteiger partial charge in [-0.25, -0.2) is 0 Å². The minimum atomic E-state index is 0.931. The Balaban J connectivity index is 2.06. The molecule has 1 fully saturated rings. The molecule has 3 nitrogen and oxygen atoms in total. The SMILES string of the molecule is Cc1oc(CN2CCNCC2)c(C)c1Br. The molecule has 4 heteroatoms. The number of piperazine rings is 1. The summed E-state index contributed by atoms with van der Waals surface area (Å²) in [7, 11) is 0. The van der Waals surface area contributed by atoms with Crippen molar-refractivity contribution >= 4 is 15.9 Å². The highest BCUT2D eigenvalue weighted by molar-refractivity contribution is 9.10. The molecule has 0 spiro atoms. The van der Waals surface area contributed by atoms with Crippen LogP contribution in [0.25, 0.3) is 0 Å². The molecule has 0 unspecified atom stereocenters. The molecule has 1 aromatic rings. The van der Waals surface area contributed by atoms with Crippen molar-refractivity contribution in [2.45, 2.75) is 20.4 Å². The lowest BCUT2D eigenvalue weighted by Crippen LogP contribution is -2.42. The fourth-order valence-electron chi connectivity index (χ4n) is 1.92. The highest BCUT2D eigenvalue weighted by Crippen LogP contribution is 2.27. The van der Waals surface area contributed by atoms with Gasteiger partial charge in [-0.3, -0.25) is 4.90 Å². The average Bonchev–Trinajstić information content (AvgIpc) is 2.48. The lowest BCUT2D eigenvalue weighted by molar-refractivity contribution is 0.214. The van der Waals surface area contributed by atoms with Gasteiger partial charge >= 0.3 is 0 Å². The Kier molecular flexibility index (Phi) is 3.49. The standard InChI is InChI=1S/C11H17BrN2O/c1-8-10(15-9(2)11(8)12)7-14-5-3-13-4-6-14/h13H,3-7H2,1-2H3. The van der Waals surface area contributed by atoms with Gasteiger partial charge in [0.15, 0.2) is 0 Å². The van der Waals surface area contributed by atoms with Gasteiger partial charge in [0.2, 0.25) is 0 Å². The van der Waals surface area contributed by atoms with E-state index in [1.165, 1.54) is 5.56 Å². The van der Waals surface area contributed by atoms with Crippen molar-refractivity contribution < 1.29 is 4.42 Å². The first kappa shape index (κ1) is 11.2. The second-order valence-corrected chi connectivity index (χ2v) is 4.84. The van der Waals surface area contributed by atoms with Gasteiger partial charge in [-0.15, -0.1) is 0 Å². The third-order valence-electron chi connectivity index (χ3n) is 2.91. The van der Waals surface area contributed by atoms with Crippen molar-refractivity contribution in [1.82, 2.24) is 10.2 Å². The van der Waals surface area contributed by atoms with E-state index in [1.807, 2.05) is 6.92 Å². The maximum atomic E-state index is 5.74. The molecule has 15 heavy (non-hydrogen) atoms. The molecular formula is C11H17BrN2O. The number of furan rings is 1. The molecular weight excluding hydrogens is 256 g/mol. The molecule has 0 saturated carbocycles. The van der Waals surface area contributed by atoms with Gasteiger partial charge in [0.05, 0.1) is 11.0 Å². The van der Waals surface area contributed by atoms with Crippen LogP contribution in [-0.4, -0.2) is 31.1 Å². The van der Waals surface area contributed by atoms with E-state index >= 15 is 0 Å². The summed E-state index contributed by atoms with van der Waals surface area (Å²) in [6.07, 6.45) is 0. The zero-order valence-corrected chi connectivity index (χ0v) is 10.9. The third kappa shape index (κ3) is 2.44. The van der Waals surface area contributed by atoms with Crippen molar-refractivity contribution in [3.05, 3.63) is 21.6 Å². The molecule has 0 aromatic carbocycles. The van der Waals surface area contributed by atoms with Crippen molar-refractivity contribution in [3.8, 4) is 0 Å². The van der Waals surface area contributed by atoms with Crippen LogP contribution in [0.15, 0.2) is 8.89 Å². The first-order valence-electron chi connectivity index (χ1n) is 5.36. The molecule has 1 N–H and O–H groups in total. The summed E-state index contributed by atoms with van der Waals surface area (Å²) < 4.78 is 6.86. The van der Waals surface area contributed by atoms with E-state index in [9.17, 15) is 0 Å². The van der Waals surface area contributed by atoms with Crippen molar-refractivity contribution in [3.63, 3.8) is 0 Å². The first-order chi connectivity index (χ1) is 7.18. The molecule has 0 bridgehead atoms. The molecule has 0 aliphatic carbocycles. The van der Waals surface area contributed by atoms with E-state index in [-0.39, 0.29) is 0 Å². The summed E-state index contributed by atoms with van der Waals surface area (Å²) in [6.45, 7) is 9.42. The Hall–Kier alpha value is -0.320. The molecule has 1 aliphatic heterocycles. The van der Waals surface area contributed by atoms with Crippen molar-refractivity contribution in [2.75, 3.05) is 26.2 Å². The van der Waals surface area contributed by atoms with Crippen LogP contribution in [-0.2, 0) is 6.54 Å². The Bertz CT molecular complexity index is 343. The average molecular weight is 273 g/mol. The molecule has 2 rings (SSSR count). The van der Waals surface area contributed by atoms with E-state index < -0.39 is 0 Å². The number of hydrogen-bond acceptors (Lipinski definition) is 3. The largest absolute Gasteiger partial charge is 0.464 e. The molecule has 1 aliphatic rings. The Morgan fingerprint density at radius 1 is 1.33 bits per heavy atom. The lowest BCUT2D eigenvalue weighted by Gasteiger charge is -2.26. The van der Waals surface area contributed by atoms with Gasteiger partial charge < -0.3 is 9.73 Å². The number of aryl methyl sites for hydroxylation is 1. The Labute approximate surface area is 99.0 Å². The van der Waals surface area contributed by atoms with Crippen LogP contribution >= 0.6 is 15.9 Å². The van der Waals surface area contributed by atoms with E-state index in [4.69, 9.17) is 4.42 Å².